The predicted molar refractivity (Wildman–Crippen MR) is 142 cm³/mol. The van der Waals surface area contributed by atoms with Crippen LogP contribution in [-0.4, -0.2) is 63.1 Å². The van der Waals surface area contributed by atoms with E-state index < -0.39 is 29.7 Å². The lowest BCUT2D eigenvalue weighted by Crippen LogP contribution is -2.54. The highest BCUT2D eigenvalue weighted by atomic mass is 16.2. The van der Waals surface area contributed by atoms with Crippen LogP contribution in [0.4, 0.5) is 5.69 Å². The van der Waals surface area contributed by atoms with Crippen LogP contribution in [-0.2, 0) is 9.59 Å². The Morgan fingerprint density at radius 3 is 2.59 bits per heavy atom. The van der Waals surface area contributed by atoms with Crippen LogP contribution in [0, 0.1) is 17.2 Å². The van der Waals surface area contributed by atoms with E-state index in [4.69, 9.17) is 5.41 Å². The molecule has 0 radical (unpaired) electrons. The molecule has 3 heterocycles. The van der Waals surface area contributed by atoms with Gasteiger partial charge in [0.2, 0.25) is 11.8 Å². The molecule has 11 nitrogen and oxygen atoms in total. The molecular weight excluding hydrogens is 498 g/mol. The fourth-order valence-electron chi connectivity index (χ4n) is 5.41. The van der Waals surface area contributed by atoms with Crippen molar-refractivity contribution in [1.82, 2.24) is 25.7 Å². The summed E-state index contributed by atoms with van der Waals surface area (Å²) in [7, 11) is 0. The maximum absolute atomic E-state index is 13.0. The van der Waals surface area contributed by atoms with Crippen LogP contribution in [0.1, 0.15) is 64.9 Å². The van der Waals surface area contributed by atoms with Gasteiger partial charge in [0.1, 0.15) is 6.04 Å². The zero-order valence-electron chi connectivity index (χ0n) is 21.3. The largest absolute Gasteiger partial charge is 0.388 e. The number of hydrogen-bond acceptors (Lipinski definition) is 9. The fourth-order valence-corrected chi connectivity index (χ4v) is 5.41. The van der Waals surface area contributed by atoms with Gasteiger partial charge in [-0.05, 0) is 68.4 Å². The average molecular weight is 528 g/mol. The maximum Gasteiger partial charge on any atom is 0.262 e. The Balaban J connectivity index is 1.03. The maximum atomic E-state index is 13.0. The van der Waals surface area contributed by atoms with Crippen LogP contribution in [0.5, 0.6) is 0 Å². The number of aromatic nitrogens is 2. The molecule has 2 aromatic rings. The predicted octanol–water partition coefficient (Wildman–Crippen LogP) is 2.13. The molecule has 1 atom stereocenters. The molecule has 3 fully saturated rings. The van der Waals surface area contributed by atoms with Gasteiger partial charge in [0.15, 0.2) is 0 Å². The smallest absolute Gasteiger partial charge is 0.262 e. The summed E-state index contributed by atoms with van der Waals surface area (Å²) in [5, 5.41) is 25.7. The van der Waals surface area contributed by atoms with Crippen molar-refractivity contribution in [2.75, 3.05) is 11.9 Å². The topological polar surface area (TPSA) is 157 Å². The number of rotatable bonds is 9. The molecule has 4 aliphatic rings. The summed E-state index contributed by atoms with van der Waals surface area (Å²) in [6.07, 6.45) is 7.78. The number of nitrogens with one attached hydrogen (secondary N) is 4. The number of amides is 4. The summed E-state index contributed by atoms with van der Waals surface area (Å²) in [5.74, 6) is -1.28. The molecule has 6 rings (SSSR count). The highest BCUT2D eigenvalue weighted by Crippen LogP contribution is 2.35. The molecule has 1 unspecified atom stereocenters. The van der Waals surface area contributed by atoms with Crippen LogP contribution in [0.15, 0.2) is 42.7 Å². The van der Waals surface area contributed by atoms with Gasteiger partial charge in [0, 0.05) is 54.3 Å². The molecule has 39 heavy (non-hydrogen) atoms. The highest BCUT2D eigenvalue weighted by Gasteiger charge is 2.44. The number of benzene rings is 1. The Morgan fingerprint density at radius 2 is 1.87 bits per heavy atom. The first-order valence-electron chi connectivity index (χ1n) is 13.3. The molecule has 2 aliphatic carbocycles. The van der Waals surface area contributed by atoms with E-state index in [1.807, 2.05) is 18.3 Å². The van der Waals surface area contributed by atoms with Crippen LogP contribution >= 0.6 is 0 Å². The Kier molecular flexibility index (Phi) is 6.41. The first kappa shape index (κ1) is 24.9. The lowest BCUT2D eigenvalue weighted by Gasteiger charge is -2.36. The second-order valence-corrected chi connectivity index (χ2v) is 10.6. The Hall–Kier alpha value is -4.41. The molecule has 4 N–H and O–H groups in total. The van der Waals surface area contributed by atoms with Crippen molar-refractivity contribution in [3.63, 3.8) is 0 Å². The molecule has 1 saturated heterocycles. The van der Waals surface area contributed by atoms with Crippen molar-refractivity contribution < 1.29 is 19.2 Å². The fraction of sp³-hybridized carbons (Fsp3) is 0.393. The molecular formula is C28H29N7O4. The summed E-state index contributed by atoms with van der Waals surface area (Å²) in [5.41, 5.74) is 3.39. The zero-order chi connectivity index (χ0) is 27.1. The van der Waals surface area contributed by atoms with Crippen LogP contribution in [0.3, 0.4) is 0 Å². The van der Waals surface area contributed by atoms with Crippen molar-refractivity contribution in [2.24, 2.45) is 11.8 Å². The van der Waals surface area contributed by atoms with Gasteiger partial charge >= 0.3 is 0 Å². The molecule has 4 amide bonds. The van der Waals surface area contributed by atoms with E-state index in [0.717, 1.165) is 41.8 Å². The van der Waals surface area contributed by atoms with Gasteiger partial charge in [-0.3, -0.25) is 29.4 Å². The van der Waals surface area contributed by atoms with E-state index in [-0.39, 0.29) is 24.0 Å². The summed E-state index contributed by atoms with van der Waals surface area (Å²) >= 11 is 0. The SMILES string of the molecule is N=C(/C(=C\NC1CC(CNc2ccc3c(c2)C(=O)N(C2CCC(=O)NC2=O)C3=O)C1)c1cccnn1)C1CC1. The average Bonchev–Trinajstić information content (AvgIpc) is 3.73. The van der Waals surface area contributed by atoms with Gasteiger partial charge < -0.3 is 16.0 Å². The highest BCUT2D eigenvalue weighted by molar-refractivity contribution is 6.24. The van der Waals surface area contributed by atoms with Gasteiger partial charge in [-0.1, -0.05) is 0 Å². The van der Waals surface area contributed by atoms with Crippen molar-refractivity contribution in [2.45, 2.75) is 50.6 Å². The standard InChI is InChI=1S/C28H29N7O4/c29-25(16-3-4-16)21(22-2-1-9-32-34-22)14-31-18-10-15(11-18)13-30-17-5-6-19-20(12-17)28(39)35(27(19)38)23-7-8-24(36)33-26(23)37/h1-2,5-6,9,12,14-16,18,23,29-31H,3-4,7-8,10-11,13H2,(H,33,36,37)/b21-14-,29-25?. The van der Waals surface area contributed by atoms with Crippen molar-refractivity contribution >= 4 is 40.6 Å². The molecule has 11 heteroatoms. The third-order valence-corrected chi connectivity index (χ3v) is 7.86. The number of piperidine rings is 1. The molecule has 1 aromatic carbocycles. The van der Waals surface area contributed by atoms with E-state index in [0.29, 0.717) is 35.8 Å². The Morgan fingerprint density at radius 1 is 1.08 bits per heavy atom. The van der Waals surface area contributed by atoms with Crippen LogP contribution in [0.2, 0.25) is 0 Å². The first-order valence-corrected chi connectivity index (χ1v) is 13.3. The van der Waals surface area contributed by atoms with E-state index in [2.05, 4.69) is 26.1 Å². The van der Waals surface area contributed by atoms with Crippen molar-refractivity contribution in [3.05, 3.63) is 59.5 Å². The van der Waals surface area contributed by atoms with E-state index in [1.54, 1.807) is 24.4 Å². The molecule has 2 aliphatic heterocycles. The molecule has 200 valence electrons. The number of imide groups is 2. The third-order valence-electron chi connectivity index (χ3n) is 7.86. The van der Waals surface area contributed by atoms with Crippen molar-refractivity contribution in [3.8, 4) is 0 Å². The molecule has 2 saturated carbocycles. The summed E-state index contributed by atoms with van der Waals surface area (Å²) in [4.78, 5) is 50.6. The number of nitrogens with zero attached hydrogens (tertiary/aromatic N) is 3. The Labute approximate surface area is 224 Å². The van der Waals surface area contributed by atoms with Gasteiger partial charge in [0.25, 0.3) is 11.8 Å². The van der Waals surface area contributed by atoms with E-state index >= 15 is 0 Å². The second-order valence-electron chi connectivity index (χ2n) is 10.6. The van der Waals surface area contributed by atoms with Gasteiger partial charge in [-0.25, -0.2) is 0 Å². The van der Waals surface area contributed by atoms with Gasteiger partial charge in [-0.15, -0.1) is 0 Å². The quantitative estimate of drug-likeness (QED) is 0.285. The second kappa shape index (κ2) is 10.0. The van der Waals surface area contributed by atoms with Crippen LogP contribution in [0.25, 0.3) is 5.57 Å². The van der Waals surface area contributed by atoms with E-state index in [1.165, 1.54) is 0 Å². The zero-order valence-corrected chi connectivity index (χ0v) is 21.3. The first-order chi connectivity index (χ1) is 18.9. The number of hydrogen-bond donors (Lipinski definition) is 4. The Bertz CT molecular complexity index is 1400. The normalized spacial score (nSPS) is 24.7. The minimum absolute atomic E-state index is 0.0916. The number of carbonyl (C=O) groups is 4. The lowest BCUT2D eigenvalue weighted by atomic mass is 9.80. The number of anilines is 1. The molecule has 1 aromatic heterocycles. The van der Waals surface area contributed by atoms with Gasteiger partial charge in [-0.2, -0.15) is 10.2 Å². The third kappa shape index (κ3) is 4.91. The summed E-state index contributed by atoms with van der Waals surface area (Å²) in [6.45, 7) is 0.717. The van der Waals surface area contributed by atoms with Crippen LogP contribution < -0.4 is 16.0 Å². The molecule has 0 bridgehead atoms. The molecule has 0 spiro atoms. The summed E-state index contributed by atoms with van der Waals surface area (Å²) in [6, 6.07) is 8.09. The van der Waals surface area contributed by atoms with Gasteiger partial charge in [0.05, 0.1) is 16.8 Å². The monoisotopic (exact) mass is 527 g/mol. The number of allylic oxidation sites excluding steroid dienone is 1. The lowest BCUT2D eigenvalue weighted by molar-refractivity contribution is -0.136. The van der Waals surface area contributed by atoms with Crippen molar-refractivity contribution in [1.29, 1.82) is 5.41 Å². The summed E-state index contributed by atoms with van der Waals surface area (Å²) < 4.78 is 0. The number of fused-ring (bicyclic) bond motifs is 1. The van der Waals surface area contributed by atoms with E-state index in [9.17, 15) is 19.2 Å². The minimum Gasteiger partial charge on any atom is -0.388 e. The minimum atomic E-state index is -0.970. The number of carbonyl (C=O) groups excluding carboxylic acids is 4.